The number of hydrogen-bond donors (Lipinski definition) is 5. The predicted molar refractivity (Wildman–Crippen MR) is 147 cm³/mol. The lowest BCUT2D eigenvalue weighted by Crippen LogP contribution is -2.59. The molecule has 0 bridgehead atoms. The van der Waals surface area contributed by atoms with Gasteiger partial charge in [-0.3, -0.25) is 19.2 Å². The van der Waals surface area contributed by atoms with Crippen molar-refractivity contribution in [3.8, 4) is 0 Å². The van der Waals surface area contributed by atoms with Gasteiger partial charge >= 0.3 is 5.97 Å². The van der Waals surface area contributed by atoms with Crippen molar-refractivity contribution in [2.75, 3.05) is 0 Å². The fourth-order valence-corrected chi connectivity index (χ4v) is 5.03. The van der Waals surface area contributed by atoms with Crippen LogP contribution in [0.15, 0.2) is 30.3 Å². The van der Waals surface area contributed by atoms with Crippen molar-refractivity contribution in [3.05, 3.63) is 35.9 Å². The molecule has 6 N–H and O–H groups in total. The van der Waals surface area contributed by atoms with Crippen molar-refractivity contribution < 1.29 is 24.3 Å². The van der Waals surface area contributed by atoms with Crippen LogP contribution >= 0.6 is 0 Å². The number of nitrogens with two attached hydrogens (primary N) is 1. The average Bonchev–Trinajstić information content (AvgIpc) is 2.85. The van der Waals surface area contributed by atoms with E-state index in [0.29, 0.717) is 18.8 Å². The van der Waals surface area contributed by atoms with Gasteiger partial charge in [0.05, 0.1) is 6.04 Å². The summed E-state index contributed by atoms with van der Waals surface area (Å²) in [6, 6.07) is 7.24. The number of carbonyl (C=O) groups is 4. The van der Waals surface area contributed by atoms with Gasteiger partial charge in [-0.2, -0.15) is 0 Å². The summed E-state index contributed by atoms with van der Waals surface area (Å²) in [5, 5.41) is 17.6. The van der Waals surface area contributed by atoms with Crippen molar-refractivity contribution in [2.45, 2.75) is 109 Å². The Bertz CT molecular complexity index is 928. The van der Waals surface area contributed by atoms with Crippen LogP contribution in [-0.2, 0) is 25.6 Å². The molecule has 0 aromatic heterocycles. The van der Waals surface area contributed by atoms with Gasteiger partial charge in [0.2, 0.25) is 17.7 Å². The fraction of sp³-hybridized carbons (Fsp3) is 0.655. The van der Waals surface area contributed by atoms with Crippen LogP contribution in [0.2, 0.25) is 0 Å². The Kier molecular flexibility index (Phi) is 12.2. The van der Waals surface area contributed by atoms with Crippen LogP contribution < -0.4 is 21.7 Å². The zero-order valence-corrected chi connectivity index (χ0v) is 23.3. The quantitative estimate of drug-likeness (QED) is 0.250. The zero-order chi connectivity index (χ0) is 28.3. The molecule has 38 heavy (non-hydrogen) atoms. The van der Waals surface area contributed by atoms with Crippen LogP contribution in [0.5, 0.6) is 0 Å². The van der Waals surface area contributed by atoms with Crippen LogP contribution in [0, 0.1) is 11.8 Å². The smallest absolute Gasteiger partial charge is 0.303 e. The highest BCUT2D eigenvalue weighted by Gasteiger charge is 2.33. The van der Waals surface area contributed by atoms with Crippen molar-refractivity contribution >= 4 is 23.7 Å². The van der Waals surface area contributed by atoms with E-state index in [1.807, 2.05) is 44.2 Å². The summed E-state index contributed by atoms with van der Waals surface area (Å²) in [4.78, 5) is 50.3. The topological polar surface area (TPSA) is 151 Å². The number of carboxylic acids is 1. The highest BCUT2D eigenvalue weighted by molar-refractivity contribution is 5.93. The van der Waals surface area contributed by atoms with E-state index in [4.69, 9.17) is 10.8 Å². The average molecular weight is 531 g/mol. The molecule has 2 rings (SSSR count). The van der Waals surface area contributed by atoms with E-state index >= 15 is 0 Å². The van der Waals surface area contributed by atoms with Gasteiger partial charge in [-0.25, -0.2) is 0 Å². The molecule has 3 amide bonds. The maximum Gasteiger partial charge on any atom is 0.303 e. The standard InChI is InChI=1S/C29H46N4O5/c1-19(2)25(32-26(36)22(30)15-16-24(34)35)28(38)31-23(17-20-11-7-5-8-12-20)27(37)33-29(3,4)18-21-13-9-6-10-14-21/h6,9-10,13-14,19-20,22-23,25H,5,7-8,11-12,15-18,30H2,1-4H3,(H,31,38)(H,32,36)(H,33,37)(H,34,35)/t22-,23-,25-/m0/s1. The third-order valence-corrected chi connectivity index (χ3v) is 7.13. The van der Waals surface area contributed by atoms with E-state index in [1.54, 1.807) is 13.8 Å². The molecule has 1 fully saturated rings. The Balaban J connectivity index is 2.12. The first-order valence-corrected chi connectivity index (χ1v) is 13.8. The Morgan fingerprint density at radius 3 is 2.18 bits per heavy atom. The highest BCUT2D eigenvalue weighted by Crippen LogP contribution is 2.28. The van der Waals surface area contributed by atoms with E-state index in [0.717, 1.165) is 31.2 Å². The molecule has 0 radical (unpaired) electrons. The molecule has 3 atom stereocenters. The summed E-state index contributed by atoms with van der Waals surface area (Å²) in [6.07, 6.45) is 6.38. The maximum atomic E-state index is 13.5. The van der Waals surface area contributed by atoms with E-state index in [2.05, 4.69) is 16.0 Å². The van der Waals surface area contributed by atoms with Gasteiger partial charge in [-0.05, 0) is 50.5 Å². The molecule has 1 aromatic carbocycles. The Morgan fingerprint density at radius 2 is 1.61 bits per heavy atom. The number of carboxylic acid groups (broad SMARTS) is 1. The minimum atomic E-state index is -1.04. The minimum absolute atomic E-state index is 0.0309. The second-order valence-electron chi connectivity index (χ2n) is 11.6. The first kappa shape index (κ1) is 31.3. The van der Waals surface area contributed by atoms with Gasteiger partial charge in [-0.1, -0.05) is 76.3 Å². The lowest BCUT2D eigenvalue weighted by molar-refractivity contribution is -0.137. The van der Waals surface area contributed by atoms with Crippen LogP contribution in [0.4, 0.5) is 0 Å². The summed E-state index contributed by atoms with van der Waals surface area (Å²) in [7, 11) is 0. The molecule has 0 heterocycles. The molecule has 9 heteroatoms. The second kappa shape index (κ2) is 14.9. The molecule has 9 nitrogen and oxygen atoms in total. The van der Waals surface area contributed by atoms with Crippen molar-refractivity contribution in [2.24, 2.45) is 17.6 Å². The van der Waals surface area contributed by atoms with E-state index in [1.165, 1.54) is 6.42 Å². The molecule has 0 spiro atoms. The molecular weight excluding hydrogens is 484 g/mol. The minimum Gasteiger partial charge on any atom is -0.481 e. The predicted octanol–water partition coefficient (Wildman–Crippen LogP) is 2.91. The maximum absolute atomic E-state index is 13.5. The highest BCUT2D eigenvalue weighted by atomic mass is 16.4. The van der Waals surface area contributed by atoms with E-state index < -0.39 is 41.4 Å². The van der Waals surface area contributed by atoms with Crippen molar-refractivity contribution in [1.29, 1.82) is 0 Å². The molecule has 1 aromatic rings. The Morgan fingerprint density at radius 1 is 0.974 bits per heavy atom. The molecule has 1 aliphatic rings. The number of nitrogens with one attached hydrogen (secondary N) is 3. The van der Waals surface area contributed by atoms with Gasteiger partial charge in [0.1, 0.15) is 12.1 Å². The van der Waals surface area contributed by atoms with E-state index in [9.17, 15) is 19.2 Å². The van der Waals surface area contributed by atoms with Crippen molar-refractivity contribution in [1.82, 2.24) is 16.0 Å². The largest absolute Gasteiger partial charge is 0.481 e. The van der Waals surface area contributed by atoms with Crippen LogP contribution in [0.3, 0.4) is 0 Å². The van der Waals surface area contributed by atoms with Gasteiger partial charge in [0.25, 0.3) is 0 Å². The lowest BCUT2D eigenvalue weighted by atomic mass is 9.84. The normalized spacial score (nSPS) is 16.8. The van der Waals surface area contributed by atoms with Gasteiger partial charge in [0, 0.05) is 12.0 Å². The zero-order valence-electron chi connectivity index (χ0n) is 23.3. The lowest BCUT2D eigenvalue weighted by Gasteiger charge is -2.33. The number of rotatable bonds is 14. The number of benzene rings is 1. The van der Waals surface area contributed by atoms with Crippen molar-refractivity contribution in [3.63, 3.8) is 0 Å². The monoisotopic (exact) mass is 530 g/mol. The summed E-state index contributed by atoms with van der Waals surface area (Å²) in [5.41, 5.74) is 6.42. The Labute approximate surface area is 226 Å². The van der Waals surface area contributed by atoms with Gasteiger partial charge in [0.15, 0.2) is 0 Å². The third kappa shape index (κ3) is 10.8. The molecule has 0 saturated heterocycles. The molecule has 1 saturated carbocycles. The Hall–Kier alpha value is -2.94. The summed E-state index contributed by atoms with van der Waals surface area (Å²) >= 11 is 0. The van der Waals surface area contributed by atoms with Crippen LogP contribution in [0.1, 0.15) is 84.6 Å². The molecular formula is C29H46N4O5. The number of amides is 3. The number of carbonyl (C=O) groups excluding carboxylic acids is 3. The third-order valence-electron chi connectivity index (χ3n) is 7.13. The second-order valence-corrected chi connectivity index (χ2v) is 11.6. The summed E-state index contributed by atoms with van der Waals surface area (Å²) < 4.78 is 0. The SMILES string of the molecule is CC(C)[C@H](NC(=O)[C@@H](N)CCC(=O)O)C(=O)N[C@@H](CC1CCCCC1)C(=O)NC(C)(C)Cc1ccccc1. The van der Waals surface area contributed by atoms with Gasteiger partial charge in [-0.15, -0.1) is 0 Å². The van der Waals surface area contributed by atoms with Crippen LogP contribution in [-0.4, -0.2) is 52.5 Å². The van der Waals surface area contributed by atoms with E-state index in [-0.39, 0.29) is 24.7 Å². The number of hydrogen-bond acceptors (Lipinski definition) is 5. The van der Waals surface area contributed by atoms with Gasteiger partial charge < -0.3 is 26.8 Å². The first-order chi connectivity index (χ1) is 17.9. The summed E-state index contributed by atoms with van der Waals surface area (Å²) in [5.74, 6) is -2.24. The fourth-order valence-electron chi connectivity index (χ4n) is 5.03. The molecule has 0 aliphatic heterocycles. The molecule has 212 valence electrons. The van der Waals surface area contributed by atoms with Crippen LogP contribution in [0.25, 0.3) is 0 Å². The molecule has 1 aliphatic carbocycles. The first-order valence-electron chi connectivity index (χ1n) is 13.8. The summed E-state index contributed by atoms with van der Waals surface area (Å²) in [6.45, 7) is 7.53. The number of aliphatic carboxylic acids is 1. The molecule has 0 unspecified atom stereocenters.